The first-order chi connectivity index (χ1) is 6.45. The van der Waals surface area contributed by atoms with Crippen LogP contribution >= 0.6 is 0 Å². The molecule has 0 saturated heterocycles. The second kappa shape index (κ2) is 2.36. The second-order valence-electron chi connectivity index (χ2n) is 3.09. The van der Waals surface area contributed by atoms with Crippen molar-refractivity contribution in [3.05, 3.63) is 48.5 Å². The molecule has 2 aromatic carbocycles. The fourth-order valence-corrected chi connectivity index (χ4v) is 1.67. The summed E-state index contributed by atoms with van der Waals surface area (Å²) in [5.74, 6) is 0. The van der Waals surface area contributed by atoms with Gasteiger partial charge in [0.25, 0.3) is 0 Å². The molecule has 3 rings (SSSR count). The van der Waals surface area contributed by atoms with Crippen molar-refractivity contribution in [3.8, 4) is 0 Å². The molecule has 13 heavy (non-hydrogen) atoms. The standard InChI is InChI=1S/C12H8O.H/c1-3-7-11-9(5-1)10-6-2-4-8-12(10)13-11;/h1-8H;. The first kappa shape index (κ1) is 6.72. The van der Waals surface area contributed by atoms with E-state index >= 15 is 0 Å². The molecule has 3 aromatic rings. The summed E-state index contributed by atoms with van der Waals surface area (Å²) in [6.07, 6.45) is 0. The van der Waals surface area contributed by atoms with Gasteiger partial charge in [0, 0.05) is 12.2 Å². The minimum atomic E-state index is 0. The number of rotatable bonds is 0. The Morgan fingerprint density at radius 2 is 1.15 bits per heavy atom. The van der Waals surface area contributed by atoms with E-state index < -0.39 is 0 Å². The van der Waals surface area contributed by atoms with Crippen LogP contribution in [0, 0.1) is 0 Å². The van der Waals surface area contributed by atoms with Crippen molar-refractivity contribution < 1.29 is 5.84 Å². The number of fused-ring (bicyclic) bond motifs is 3. The number of benzene rings is 2. The van der Waals surface area contributed by atoms with Crippen LogP contribution in [0.1, 0.15) is 1.43 Å². The molecule has 0 unspecified atom stereocenters. The first-order valence-corrected chi connectivity index (χ1v) is 4.31. The summed E-state index contributed by atoms with van der Waals surface area (Å²) in [5, 5.41) is 2.39. The van der Waals surface area contributed by atoms with Crippen LogP contribution in [0.2, 0.25) is 0 Å². The van der Waals surface area contributed by atoms with E-state index in [1.54, 1.807) is 0 Å². The van der Waals surface area contributed by atoms with Crippen LogP contribution in [0.5, 0.6) is 0 Å². The Bertz CT molecular complexity index is 518. The fourth-order valence-electron chi connectivity index (χ4n) is 1.67. The molecule has 0 saturated carbocycles. The van der Waals surface area contributed by atoms with Crippen molar-refractivity contribution in [2.24, 2.45) is 0 Å². The number of hydrogen-bond acceptors (Lipinski definition) is 1. The van der Waals surface area contributed by atoms with Crippen LogP contribution in [0.15, 0.2) is 52.9 Å². The Morgan fingerprint density at radius 1 is 0.692 bits per heavy atom. The monoisotopic (exact) mass is 169 g/mol. The lowest BCUT2D eigenvalue weighted by atomic mass is 10.2. The molecule has 0 aliphatic carbocycles. The predicted molar refractivity (Wildman–Crippen MR) is 54.8 cm³/mol. The van der Waals surface area contributed by atoms with Gasteiger partial charge < -0.3 is 4.42 Å². The third-order valence-electron chi connectivity index (χ3n) is 2.28. The van der Waals surface area contributed by atoms with Gasteiger partial charge in [0.1, 0.15) is 11.2 Å². The highest BCUT2D eigenvalue weighted by molar-refractivity contribution is 6.04. The topological polar surface area (TPSA) is 13.1 Å². The second-order valence-corrected chi connectivity index (χ2v) is 3.09. The molecule has 0 aliphatic rings. The molecule has 0 aliphatic heterocycles. The van der Waals surface area contributed by atoms with Gasteiger partial charge in [-0.1, -0.05) is 36.4 Å². The van der Waals surface area contributed by atoms with Crippen molar-refractivity contribution in [2.45, 2.75) is 0 Å². The van der Waals surface area contributed by atoms with E-state index in [-0.39, 0.29) is 1.43 Å². The molecule has 0 atom stereocenters. The lowest BCUT2D eigenvalue weighted by Gasteiger charge is -1.85. The van der Waals surface area contributed by atoms with Crippen molar-refractivity contribution in [3.63, 3.8) is 0 Å². The van der Waals surface area contributed by atoms with E-state index in [4.69, 9.17) is 4.42 Å². The van der Waals surface area contributed by atoms with Gasteiger partial charge in [0.15, 0.2) is 0 Å². The van der Waals surface area contributed by atoms with Crippen LogP contribution in [-0.2, 0) is 0 Å². The van der Waals surface area contributed by atoms with Gasteiger partial charge in [-0.25, -0.2) is 0 Å². The van der Waals surface area contributed by atoms with Gasteiger partial charge in [-0.3, -0.25) is 0 Å². The SMILES string of the molecule is [H].c1ccc2c(c1)oc1ccccc12. The maximum absolute atomic E-state index is 5.65. The van der Waals surface area contributed by atoms with Gasteiger partial charge in [0.2, 0.25) is 0 Å². The van der Waals surface area contributed by atoms with Crippen molar-refractivity contribution in [2.75, 3.05) is 0 Å². The maximum atomic E-state index is 5.65. The number of furan rings is 1. The molecule has 1 aromatic heterocycles. The Morgan fingerprint density at radius 3 is 1.69 bits per heavy atom. The third-order valence-corrected chi connectivity index (χ3v) is 2.28. The van der Waals surface area contributed by atoms with Crippen molar-refractivity contribution in [1.82, 2.24) is 0 Å². The summed E-state index contributed by atoms with van der Waals surface area (Å²) in [5.41, 5.74) is 1.92. The van der Waals surface area contributed by atoms with Gasteiger partial charge in [-0.05, 0) is 12.1 Å². The molecule has 1 nitrogen and oxygen atoms in total. The van der Waals surface area contributed by atoms with Crippen LogP contribution in [0.3, 0.4) is 0 Å². The highest BCUT2D eigenvalue weighted by Gasteiger charge is 2.02. The van der Waals surface area contributed by atoms with Gasteiger partial charge in [0.05, 0.1) is 0 Å². The highest BCUT2D eigenvalue weighted by Crippen LogP contribution is 2.27. The average Bonchev–Trinajstić information content (AvgIpc) is 2.56. The zero-order chi connectivity index (χ0) is 8.67. The molecule has 0 amide bonds. The van der Waals surface area contributed by atoms with E-state index in [2.05, 4.69) is 12.1 Å². The molecule has 0 N–H and O–H groups in total. The Hall–Kier alpha value is -1.76. The molecule has 1 radical (unpaired) electrons. The zero-order valence-electron chi connectivity index (χ0n) is 8.03. The zero-order valence-corrected chi connectivity index (χ0v) is 7.03. The summed E-state index contributed by atoms with van der Waals surface area (Å²) < 4.78 is 5.65. The van der Waals surface area contributed by atoms with Crippen molar-refractivity contribution >= 4 is 21.9 Å². The Balaban J connectivity index is 0.000000750. The minimum absolute atomic E-state index is 0. The normalized spacial score (nSPS) is 11.1. The van der Waals surface area contributed by atoms with Crippen LogP contribution in [0.4, 0.5) is 0 Å². The summed E-state index contributed by atoms with van der Waals surface area (Å²) in [6.45, 7) is 0. The molecular formula is C12H9O. The minimum Gasteiger partial charge on any atom is -0.456 e. The van der Waals surface area contributed by atoms with Gasteiger partial charge in [-0.2, -0.15) is 0 Å². The lowest BCUT2D eigenvalue weighted by Crippen LogP contribution is -1.62. The molecule has 0 fully saturated rings. The predicted octanol–water partition coefficient (Wildman–Crippen LogP) is 3.70. The molecule has 0 bridgehead atoms. The van der Waals surface area contributed by atoms with Crippen LogP contribution in [-0.4, -0.2) is 0 Å². The molecule has 1 heteroatoms. The summed E-state index contributed by atoms with van der Waals surface area (Å²) >= 11 is 0. The molecule has 63 valence electrons. The molecule has 0 spiro atoms. The largest absolute Gasteiger partial charge is 0.456 e. The molecular weight excluding hydrogens is 160 g/mol. The summed E-state index contributed by atoms with van der Waals surface area (Å²) in [4.78, 5) is 0. The van der Waals surface area contributed by atoms with E-state index in [0.717, 1.165) is 11.2 Å². The highest BCUT2D eigenvalue weighted by atomic mass is 16.3. The van der Waals surface area contributed by atoms with Gasteiger partial charge in [-0.15, -0.1) is 0 Å². The van der Waals surface area contributed by atoms with Crippen molar-refractivity contribution in [1.29, 1.82) is 0 Å². The van der Waals surface area contributed by atoms with E-state index in [9.17, 15) is 0 Å². The van der Waals surface area contributed by atoms with E-state index in [1.165, 1.54) is 10.8 Å². The summed E-state index contributed by atoms with van der Waals surface area (Å²) in [7, 11) is 0. The Kier molecular flexibility index (Phi) is 1.22. The number of para-hydroxylation sites is 2. The Labute approximate surface area is 77.1 Å². The average molecular weight is 169 g/mol. The maximum Gasteiger partial charge on any atom is 0.135 e. The first-order valence-electron chi connectivity index (χ1n) is 4.31. The quantitative estimate of drug-likeness (QED) is 0.500. The summed E-state index contributed by atoms with van der Waals surface area (Å²) in [6, 6.07) is 16.2. The van der Waals surface area contributed by atoms with E-state index in [0.29, 0.717) is 0 Å². The van der Waals surface area contributed by atoms with Crippen LogP contribution in [0.25, 0.3) is 21.9 Å². The number of hydrogen-bond donors (Lipinski definition) is 0. The van der Waals surface area contributed by atoms with Gasteiger partial charge >= 0.3 is 0 Å². The van der Waals surface area contributed by atoms with Crippen LogP contribution < -0.4 is 0 Å². The smallest absolute Gasteiger partial charge is 0.135 e. The fraction of sp³-hybridized carbons (Fsp3) is 0. The lowest BCUT2D eigenvalue weighted by molar-refractivity contribution is 0.669. The van der Waals surface area contributed by atoms with E-state index in [1.807, 2.05) is 36.4 Å². The third kappa shape index (κ3) is 0.872. The molecule has 1 heterocycles.